The molecule has 5 nitrogen and oxygen atoms in total. The highest BCUT2D eigenvalue weighted by molar-refractivity contribution is 5.89. The van der Waals surface area contributed by atoms with E-state index < -0.39 is 0 Å². The molecule has 0 aliphatic carbocycles. The van der Waals surface area contributed by atoms with Crippen molar-refractivity contribution >= 4 is 17.4 Å². The van der Waals surface area contributed by atoms with Crippen LogP contribution in [0.25, 0.3) is 0 Å². The summed E-state index contributed by atoms with van der Waals surface area (Å²) in [7, 11) is 3.99. The fraction of sp³-hybridized carbons (Fsp3) is 0.409. The van der Waals surface area contributed by atoms with Gasteiger partial charge in [-0.1, -0.05) is 44.2 Å². The number of anilines is 2. The summed E-state index contributed by atoms with van der Waals surface area (Å²) < 4.78 is 0. The minimum atomic E-state index is -0.169. The van der Waals surface area contributed by atoms with Crippen LogP contribution in [-0.4, -0.2) is 50.7 Å². The van der Waals surface area contributed by atoms with E-state index in [1.165, 1.54) is 5.56 Å². The molecule has 0 heterocycles. The van der Waals surface area contributed by atoms with Gasteiger partial charge in [-0.05, 0) is 49.3 Å². The maximum absolute atomic E-state index is 12.3. The van der Waals surface area contributed by atoms with Crippen LogP contribution in [-0.2, 0) is 6.42 Å². The molecule has 5 heteroatoms. The van der Waals surface area contributed by atoms with E-state index in [1.807, 2.05) is 49.3 Å². The van der Waals surface area contributed by atoms with Crippen LogP contribution >= 0.6 is 0 Å². The predicted molar refractivity (Wildman–Crippen MR) is 115 cm³/mol. The van der Waals surface area contributed by atoms with Crippen LogP contribution in [0.15, 0.2) is 54.6 Å². The summed E-state index contributed by atoms with van der Waals surface area (Å²) in [6, 6.07) is 18.4. The van der Waals surface area contributed by atoms with Crippen LogP contribution in [0.4, 0.5) is 16.2 Å². The molecule has 0 aliphatic rings. The van der Waals surface area contributed by atoms with Gasteiger partial charge >= 0.3 is 6.03 Å². The average molecular weight is 369 g/mol. The highest BCUT2D eigenvalue weighted by Gasteiger charge is 2.17. The Morgan fingerprint density at radius 3 is 2.15 bits per heavy atom. The summed E-state index contributed by atoms with van der Waals surface area (Å²) in [6.07, 6.45) is 0.917. The minimum Gasteiger partial charge on any atom is -0.378 e. The Bertz CT molecular complexity index is 681. The molecule has 2 aromatic rings. The van der Waals surface area contributed by atoms with Crippen LogP contribution < -0.4 is 15.5 Å². The topological polar surface area (TPSA) is 47.6 Å². The highest BCUT2D eigenvalue weighted by Crippen LogP contribution is 2.15. The largest absolute Gasteiger partial charge is 0.378 e. The van der Waals surface area contributed by atoms with Gasteiger partial charge in [0, 0.05) is 38.1 Å². The molecule has 0 spiro atoms. The SMILES string of the molecule is CCN(CC)[C@H](CNC(=O)Nc1ccc(N(C)C)cc1)Cc1ccccc1. The number of benzene rings is 2. The van der Waals surface area contributed by atoms with Gasteiger partial charge in [-0.15, -0.1) is 0 Å². The molecular weight excluding hydrogens is 336 g/mol. The third-order valence-electron chi connectivity index (χ3n) is 4.78. The fourth-order valence-electron chi connectivity index (χ4n) is 3.19. The first-order valence-electron chi connectivity index (χ1n) is 9.63. The Kier molecular flexibility index (Phi) is 8.14. The normalized spacial score (nSPS) is 11.9. The van der Waals surface area contributed by atoms with Crippen LogP contribution in [0.5, 0.6) is 0 Å². The van der Waals surface area contributed by atoms with E-state index in [1.54, 1.807) is 0 Å². The molecule has 0 aliphatic heterocycles. The van der Waals surface area contributed by atoms with Gasteiger partial charge < -0.3 is 15.5 Å². The third-order valence-corrected chi connectivity index (χ3v) is 4.78. The first-order valence-corrected chi connectivity index (χ1v) is 9.63. The lowest BCUT2D eigenvalue weighted by molar-refractivity contribution is 0.207. The summed E-state index contributed by atoms with van der Waals surface area (Å²) in [5.74, 6) is 0. The van der Waals surface area contributed by atoms with Gasteiger partial charge in [0.15, 0.2) is 0 Å². The Morgan fingerprint density at radius 1 is 0.963 bits per heavy atom. The van der Waals surface area contributed by atoms with Gasteiger partial charge in [0.25, 0.3) is 0 Å². The number of carbonyl (C=O) groups is 1. The molecule has 2 N–H and O–H groups in total. The van der Waals surface area contributed by atoms with E-state index in [9.17, 15) is 4.79 Å². The number of amides is 2. The monoisotopic (exact) mass is 368 g/mol. The number of rotatable bonds is 9. The van der Waals surface area contributed by atoms with Crippen molar-refractivity contribution in [3.63, 3.8) is 0 Å². The van der Waals surface area contributed by atoms with Gasteiger partial charge in [-0.3, -0.25) is 4.90 Å². The van der Waals surface area contributed by atoms with Gasteiger partial charge in [-0.2, -0.15) is 0 Å². The molecule has 0 fully saturated rings. The van der Waals surface area contributed by atoms with Crippen molar-refractivity contribution < 1.29 is 4.79 Å². The molecule has 2 aromatic carbocycles. The minimum absolute atomic E-state index is 0.169. The van der Waals surface area contributed by atoms with E-state index in [-0.39, 0.29) is 12.1 Å². The summed E-state index contributed by atoms with van der Waals surface area (Å²) in [4.78, 5) is 16.8. The van der Waals surface area contributed by atoms with Gasteiger partial charge in [0.1, 0.15) is 0 Å². The second kappa shape index (κ2) is 10.6. The van der Waals surface area contributed by atoms with E-state index in [0.717, 1.165) is 30.9 Å². The second-order valence-corrected chi connectivity index (χ2v) is 6.84. The molecule has 0 bridgehead atoms. The number of hydrogen-bond acceptors (Lipinski definition) is 3. The summed E-state index contributed by atoms with van der Waals surface area (Å²) in [6.45, 7) is 6.85. The van der Waals surface area contributed by atoms with Crippen LogP contribution in [0.2, 0.25) is 0 Å². The number of hydrogen-bond donors (Lipinski definition) is 2. The van der Waals surface area contributed by atoms with Crippen molar-refractivity contribution in [2.24, 2.45) is 0 Å². The molecule has 1 atom stereocenters. The summed E-state index contributed by atoms with van der Waals surface area (Å²) in [5.41, 5.74) is 3.18. The molecule has 0 saturated heterocycles. The lowest BCUT2D eigenvalue weighted by atomic mass is 10.0. The fourth-order valence-corrected chi connectivity index (χ4v) is 3.19. The van der Waals surface area contributed by atoms with E-state index >= 15 is 0 Å². The van der Waals surface area contributed by atoms with E-state index in [4.69, 9.17) is 0 Å². The van der Waals surface area contributed by atoms with Gasteiger partial charge in [0.2, 0.25) is 0 Å². The zero-order chi connectivity index (χ0) is 19.6. The Balaban J connectivity index is 1.93. The molecule has 0 aromatic heterocycles. The molecule has 2 amide bonds. The zero-order valence-corrected chi connectivity index (χ0v) is 16.9. The number of carbonyl (C=O) groups excluding carboxylic acids is 1. The molecule has 146 valence electrons. The van der Waals surface area contributed by atoms with Crippen molar-refractivity contribution in [3.05, 3.63) is 60.2 Å². The maximum atomic E-state index is 12.3. The first-order chi connectivity index (χ1) is 13.0. The molecule has 27 heavy (non-hydrogen) atoms. The van der Waals surface area contributed by atoms with Crippen LogP contribution in [0.3, 0.4) is 0 Å². The molecule has 0 saturated carbocycles. The average Bonchev–Trinajstić information content (AvgIpc) is 2.68. The Hall–Kier alpha value is -2.53. The van der Waals surface area contributed by atoms with Crippen molar-refractivity contribution in [1.29, 1.82) is 0 Å². The number of likely N-dealkylation sites (N-methyl/N-ethyl adjacent to an activating group) is 1. The highest BCUT2D eigenvalue weighted by atomic mass is 16.2. The smallest absolute Gasteiger partial charge is 0.319 e. The summed E-state index contributed by atoms with van der Waals surface area (Å²) in [5, 5.41) is 5.95. The van der Waals surface area contributed by atoms with Gasteiger partial charge in [0.05, 0.1) is 0 Å². The van der Waals surface area contributed by atoms with Crippen molar-refractivity contribution in [2.75, 3.05) is 43.9 Å². The van der Waals surface area contributed by atoms with Crippen LogP contribution in [0.1, 0.15) is 19.4 Å². The Labute approximate surface area is 163 Å². The lowest BCUT2D eigenvalue weighted by Gasteiger charge is -2.30. The van der Waals surface area contributed by atoms with Crippen molar-refractivity contribution in [2.45, 2.75) is 26.3 Å². The number of urea groups is 1. The molecule has 2 rings (SSSR count). The third kappa shape index (κ3) is 6.61. The number of nitrogens with zero attached hydrogens (tertiary/aromatic N) is 2. The maximum Gasteiger partial charge on any atom is 0.319 e. The van der Waals surface area contributed by atoms with Crippen LogP contribution in [0, 0.1) is 0 Å². The number of nitrogens with one attached hydrogen (secondary N) is 2. The quantitative estimate of drug-likeness (QED) is 0.707. The van der Waals surface area contributed by atoms with Crippen molar-refractivity contribution in [1.82, 2.24) is 10.2 Å². The zero-order valence-electron chi connectivity index (χ0n) is 16.9. The van der Waals surface area contributed by atoms with E-state index in [0.29, 0.717) is 6.54 Å². The molecular formula is C22H32N4O. The standard InChI is InChI=1S/C22H32N4O/c1-5-26(6-2)21(16-18-10-8-7-9-11-18)17-23-22(27)24-19-12-14-20(15-13-19)25(3)4/h7-15,21H,5-6,16-17H2,1-4H3,(H2,23,24,27)/t21-/m0/s1. The second-order valence-electron chi connectivity index (χ2n) is 6.84. The molecule has 0 unspecified atom stereocenters. The molecule has 0 radical (unpaired) electrons. The van der Waals surface area contributed by atoms with E-state index in [2.05, 4.69) is 53.6 Å². The first kappa shape index (κ1) is 20.8. The predicted octanol–water partition coefficient (Wildman–Crippen LogP) is 3.83. The van der Waals surface area contributed by atoms with Crippen molar-refractivity contribution in [3.8, 4) is 0 Å². The Morgan fingerprint density at radius 2 is 1.59 bits per heavy atom. The lowest BCUT2D eigenvalue weighted by Crippen LogP contribution is -2.46. The summed E-state index contributed by atoms with van der Waals surface area (Å²) >= 11 is 0. The van der Waals surface area contributed by atoms with Gasteiger partial charge in [-0.25, -0.2) is 4.79 Å².